The molecule has 0 unspecified atom stereocenters. The molecule has 1 aromatic heterocycles. The summed E-state index contributed by atoms with van der Waals surface area (Å²) in [7, 11) is 0. The number of ether oxygens (including phenoxy) is 2. The number of rotatable bonds is 5. The van der Waals surface area contributed by atoms with Crippen LogP contribution >= 0.6 is 11.3 Å². The standard InChI is InChI=1S/C20H21N3O4S/c1-3-26-20(25)23-8-7-15-16(10-21)19(28-17(15)11-23)22-18(24)12-27-14-6-4-5-13(2)9-14/h4-6,9H,3,7-8,11-12H2,1-2H3,(H,22,24). The maximum absolute atomic E-state index is 12.3. The van der Waals surface area contributed by atoms with Gasteiger partial charge in [0.05, 0.1) is 18.7 Å². The quantitative estimate of drug-likeness (QED) is 0.831. The fraction of sp³-hybridized carbons (Fsp3) is 0.350. The number of fused-ring (bicyclic) bond motifs is 1. The van der Waals surface area contributed by atoms with Gasteiger partial charge in [-0.1, -0.05) is 12.1 Å². The lowest BCUT2D eigenvalue weighted by Gasteiger charge is -2.25. The largest absolute Gasteiger partial charge is 0.484 e. The number of anilines is 1. The Morgan fingerprint density at radius 1 is 1.39 bits per heavy atom. The molecule has 1 N–H and O–H groups in total. The summed E-state index contributed by atoms with van der Waals surface area (Å²) in [5.74, 6) is 0.282. The van der Waals surface area contributed by atoms with Gasteiger partial charge < -0.3 is 19.7 Å². The Kier molecular flexibility index (Phi) is 6.16. The van der Waals surface area contributed by atoms with E-state index in [1.165, 1.54) is 11.3 Å². The Bertz CT molecular complexity index is 932. The van der Waals surface area contributed by atoms with Crippen molar-refractivity contribution in [1.82, 2.24) is 4.90 Å². The highest BCUT2D eigenvalue weighted by Crippen LogP contribution is 2.36. The number of benzene rings is 1. The van der Waals surface area contributed by atoms with Gasteiger partial charge in [-0.05, 0) is 43.5 Å². The van der Waals surface area contributed by atoms with Crippen molar-refractivity contribution in [3.05, 3.63) is 45.8 Å². The molecular formula is C20H21N3O4S. The summed E-state index contributed by atoms with van der Waals surface area (Å²) in [6, 6.07) is 9.62. The van der Waals surface area contributed by atoms with Crippen LogP contribution in [0.4, 0.5) is 9.80 Å². The molecule has 28 heavy (non-hydrogen) atoms. The Morgan fingerprint density at radius 3 is 2.93 bits per heavy atom. The second kappa shape index (κ2) is 8.76. The van der Waals surface area contributed by atoms with Gasteiger partial charge in [0.25, 0.3) is 5.91 Å². The van der Waals surface area contributed by atoms with Crippen LogP contribution in [0.3, 0.4) is 0 Å². The molecule has 0 aliphatic carbocycles. The molecule has 0 bridgehead atoms. The highest BCUT2D eigenvalue weighted by molar-refractivity contribution is 7.16. The number of hydrogen-bond acceptors (Lipinski definition) is 6. The van der Waals surface area contributed by atoms with E-state index < -0.39 is 0 Å². The molecule has 0 spiro atoms. The molecule has 2 amide bonds. The Labute approximate surface area is 167 Å². The second-order valence-electron chi connectivity index (χ2n) is 6.34. The zero-order chi connectivity index (χ0) is 20.1. The molecule has 3 rings (SSSR count). The molecule has 0 fully saturated rings. The normalized spacial score (nSPS) is 12.7. The van der Waals surface area contributed by atoms with Crippen LogP contribution in [-0.2, 0) is 22.5 Å². The molecule has 2 heterocycles. The third kappa shape index (κ3) is 4.43. The fourth-order valence-electron chi connectivity index (χ4n) is 3.00. The first-order valence-electron chi connectivity index (χ1n) is 8.97. The minimum Gasteiger partial charge on any atom is -0.484 e. The predicted octanol–water partition coefficient (Wildman–Crippen LogP) is 3.46. The Balaban J connectivity index is 1.67. The van der Waals surface area contributed by atoms with Crippen molar-refractivity contribution in [2.45, 2.75) is 26.8 Å². The number of nitriles is 1. The van der Waals surface area contributed by atoms with E-state index in [-0.39, 0.29) is 18.6 Å². The minimum absolute atomic E-state index is 0.147. The lowest BCUT2D eigenvalue weighted by Crippen LogP contribution is -2.35. The van der Waals surface area contributed by atoms with Crippen molar-refractivity contribution in [2.75, 3.05) is 25.1 Å². The summed E-state index contributed by atoms with van der Waals surface area (Å²) in [4.78, 5) is 26.7. The Morgan fingerprint density at radius 2 is 2.21 bits per heavy atom. The zero-order valence-electron chi connectivity index (χ0n) is 15.8. The van der Waals surface area contributed by atoms with E-state index in [1.54, 1.807) is 17.9 Å². The minimum atomic E-state index is -0.364. The van der Waals surface area contributed by atoms with Gasteiger partial charge in [0.2, 0.25) is 0 Å². The molecule has 7 nitrogen and oxygen atoms in total. The van der Waals surface area contributed by atoms with Crippen molar-refractivity contribution in [3.8, 4) is 11.8 Å². The van der Waals surface area contributed by atoms with Crippen LogP contribution in [0.15, 0.2) is 24.3 Å². The molecule has 0 atom stereocenters. The third-order valence-corrected chi connectivity index (χ3v) is 5.44. The number of carbonyl (C=O) groups is 2. The van der Waals surface area contributed by atoms with Crippen LogP contribution in [0, 0.1) is 18.3 Å². The lowest BCUT2D eigenvalue weighted by atomic mass is 10.0. The van der Waals surface area contributed by atoms with E-state index in [1.807, 2.05) is 25.1 Å². The highest BCUT2D eigenvalue weighted by atomic mass is 32.1. The van der Waals surface area contributed by atoms with Crippen molar-refractivity contribution < 1.29 is 19.1 Å². The number of nitrogens with zero attached hydrogens (tertiary/aromatic N) is 2. The molecule has 1 aliphatic heterocycles. The number of carbonyl (C=O) groups excluding carboxylic acids is 2. The molecule has 0 radical (unpaired) electrons. The summed E-state index contributed by atoms with van der Waals surface area (Å²) in [6.07, 6.45) is 0.195. The van der Waals surface area contributed by atoms with Crippen molar-refractivity contribution in [3.63, 3.8) is 0 Å². The van der Waals surface area contributed by atoms with E-state index in [4.69, 9.17) is 9.47 Å². The summed E-state index contributed by atoms with van der Waals surface area (Å²) >= 11 is 1.32. The molecule has 1 aromatic carbocycles. The number of hydrogen-bond donors (Lipinski definition) is 1. The fourth-order valence-corrected chi connectivity index (χ4v) is 4.23. The van der Waals surface area contributed by atoms with Gasteiger partial charge in [0, 0.05) is 11.4 Å². The average Bonchev–Trinajstić information content (AvgIpc) is 3.02. The first-order chi connectivity index (χ1) is 13.5. The Hall–Kier alpha value is -3.05. The molecule has 1 aliphatic rings. The molecular weight excluding hydrogens is 378 g/mol. The topological polar surface area (TPSA) is 91.7 Å². The smallest absolute Gasteiger partial charge is 0.410 e. The summed E-state index contributed by atoms with van der Waals surface area (Å²) in [5, 5.41) is 12.8. The zero-order valence-corrected chi connectivity index (χ0v) is 16.6. The summed E-state index contributed by atoms with van der Waals surface area (Å²) in [5.41, 5.74) is 2.40. The van der Waals surface area contributed by atoms with E-state index in [0.717, 1.165) is 16.0 Å². The maximum atomic E-state index is 12.3. The summed E-state index contributed by atoms with van der Waals surface area (Å²) in [6.45, 7) is 4.75. The number of amides is 2. The molecule has 8 heteroatoms. The first-order valence-corrected chi connectivity index (χ1v) is 9.79. The van der Waals surface area contributed by atoms with Crippen LogP contribution in [0.5, 0.6) is 5.75 Å². The van der Waals surface area contributed by atoms with Gasteiger partial charge in [-0.25, -0.2) is 4.79 Å². The molecule has 2 aromatic rings. The monoisotopic (exact) mass is 399 g/mol. The second-order valence-corrected chi connectivity index (χ2v) is 7.45. The van der Waals surface area contributed by atoms with Gasteiger partial charge in [-0.3, -0.25) is 4.79 Å². The summed E-state index contributed by atoms with van der Waals surface area (Å²) < 4.78 is 10.6. The highest BCUT2D eigenvalue weighted by Gasteiger charge is 2.28. The maximum Gasteiger partial charge on any atom is 0.410 e. The van der Waals surface area contributed by atoms with Crippen LogP contribution in [0.1, 0.15) is 28.5 Å². The lowest BCUT2D eigenvalue weighted by molar-refractivity contribution is -0.118. The number of thiophene rings is 1. The molecule has 0 saturated carbocycles. The molecule has 0 saturated heterocycles. The number of aryl methyl sites for hydroxylation is 1. The van der Waals surface area contributed by atoms with Crippen molar-refractivity contribution >= 4 is 28.3 Å². The van der Waals surface area contributed by atoms with Crippen molar-refractivity contribution in [2.24, 2.45) is 0 Å². The first kappa shape index (κ1) is 19.7. The van der Waals surface area contributed by atoms with Gasteiger partial charge in [0.15, 0.2) is 6.61 Å². The SMILES string of the molecule is CCOC(=O)N1CCc2c(sc(NC(=O)COc3cccc(C)c3)c2C#N)C1. The van der Waals surface area contributed by atoms with Crippen LogP contribution < -0.4 is 10.1 Å². The van der Waals surface area contributed by atoms with E-state index >= 15 is 0 Å². The van der Waals surface area contributed by atoms with Gasteiger partial charge in [-0.15, -0.1) is 11.3 Å². The van der Waals surface area contributed by atoms with Crippen molar-refractivity contribution in [1.29, 1.82) is 5.26 Å². The van der Waals surface area contributed by atoms with E-state index in [0.29, 0.717) is 42.4 Å². The van der Waals surface area contributed by atoms with Crippen LogP contribution in [0.2, 0.25) is 0 Å². The van der Waals surface area contributed by atoms with Crippen LogP contribution in [-0.4, -0.2) is 36.7 Å². The number of nitrogens with one attached hydrogen (secondary N) is 1. The van der Waals surface area contributed by atoms with E-state index in [9.17, 15) is 14.9 Å². The van der Waals surface area contributed by atoms with Gasteiger partial charge >= 0.3 is 6.09 Å². The van der Waals surface area contributed by atoms with Gasteiger partial charge in [-0.2, -0.15) is 5.26 Å². The average molecular weight is 399 g/mol. The van der Waals surface area contributed by atoms with E-state index in [2.05, 4.69) is 11.4 Å². The van der Waals surface area contributed by atoms with Crippen LogP contribution in [0.25, 0.3) is 0 Å². The van der Waals surface area contributed by atoms with Gasteiger partial charge in [0.1, 0.15) is 16.8 Å². The third-order valence-electron chi connectivity index (χ3n) is 4.31. The molecule has 146 valence electrons. The predicted molar refractivity (Wildman–Crippen MR) is 105 cm³/mol.